The van der Waals surface area contributed by atoms with Crippen molar-refractivity contribution < 1.29 is 14.3 Å². The van der Waals surface area contributed by atoms with Gasteiger partial charge in [-0.1, -0.05) is 30.3 Å². The molecule has 0 bridgehead atoms. The fraction of sp³-hybridized carbons (Fsp3) is 0.167. The number of hydrogen-bond acceptors (Lipinski definition) is 3. The minimum atomic E-state index is -0.356. The molecular formula is C12H10O3. The number of esters is 1. The van der Waals surface area contributed by atoms with Gasteiger partial charge in [0.05, 0.1) is 0 Å². The molecule has 1 heterocycles. The van der Waals surface area contributed by atoms with Crippen LogP contribution < -0.4 is 0 Å². The second kappa shape index (κ2) is 4.09. The average Bonchev–Trinajstić information content (AvgIpc) is 2.65. The molecule has 3 nitrogen and oxygen atoms in total. The third-order valence-electron chi connectivity index (χ3n) is 2.21. The van der Waals surface area contributed by atoms with E-state index in [9.17, 15) is 9.59 Å². The van der Waals surface area contributed by atoms with Gasteiger partial charge < -0.3 is 4.74 Å². The van der Waals surface area contributed by atoms with Crippen molar-refractivity contribution in [3.8, 4) is 0 Å². The Kier molecular flexibility index (Phi) is 2.63. The lowest BCUT2D eigenvalue weighted by Gasteiger charge is -2.00. The third-order valence-corrected chi connectivity index (χ3v) is 2.21. The summed E-state index contributed by atoms with van der Waals surface area (Å²) in [4.78, 5) is 22.5. The molecule has 0 saturated carbocycles. The third kappa shape index (κ3) is 2.31. The first-order valence-corrected chi connectivity index (χ1v) is 4.70. The summed E-state index contributed by atoms with van der Waals surface area (Å²) in [5.41, 5.74) is 1.41. The Morgan fingerprint density at radius 2 is 2.00 bits per heavy atom. The number of hydrogen-bond donors (Lipinski definition) is 0. The number of ether oxygens (including phenoxy) is 1. The summed E-state index contributed by atoms with van der Waals surface area (Å²) in [6.07, 6.45) is 1.65. The van der Waals surface area contributed by atoms with Gasteiger partial charge in [0.1, 0.15) is 6.61 Å². The molecule has 1 aromatic rings. The van der Waals surface area contributed by atoms with Gasteiger partial charge in [-0.05, 0) is 5.57 Å². The predicted molar refractivity (Wildman–Crippen MR) is 54.4 cm³/mol. The normalized spacial score (nSPS) is 14.7. The standard InChI is InChI=1S/C12H10O3/c13-11(10-4-2-1-3-5-10)6-9-7-12(14)15-8-9/h1-5,7H,6,8H2. The molecule has 0 atom stereocenters. The summed E-state index contributed by atoms with van der Waals surface area (Å²) in [5, 5.41) is 0. The minimum Gasteiger partial charge on any atom is -0.458 e. The number of benzene rings is 1. The number of cyclic esters (lactones) is 1. The number of Topliss-reactive ketones (excluding diaryl/α,β-unsaturated/α-hetero) is 1. The lowest BCUT2D eigenvalue weighted by molar-refractivity contribution is -0.134. The van der Waals surface area contributed by atoms with Crippen LogP contribution in [0.15, 0.2) is 42.0 Å². The molecule has 1 aromatic carbocycles. The maximum absolute atomic E-state index is 11.7. The van der Waals surface area contributed by atoms with E-state index in [4.69, 9.17) is 4.74 Å². The van der Waals surface area contributed by atoms with Gasteiger partial charge in [-0.15, -0.1) is 0 Å². The summed E-state index contributed by atoms with van der Waals surface area (Å²) in [7, 11) is 0. The molecule has 0 fully saturated rings. The zero-order valence-electron chi connectivity index (χ0n) is 8.10. The molecule has 0 unspecified atom stereocenters. The number of carbonyl (C=O) groups excluding carboxylic acids is 2. The lowest BCUT2D eigenvalue weighted by atomic mass is 10.0. The van der Waals surface area contributed by atoms with E-state index in [1.807, 2.05) is 18.2 Å². The molecule has 0 amide bonds. The van der Waals surface area contributed by atoms with Gasteiger partial charge in [-0.25, -0.2) is 4.79 Å². The minimum absolute atomic E-state index is 0.0140. The van der Waals surface area contributed by atoms with Gasteiger partial charge in [0, 0.05) is 18.1 Å². The molecule has 0 aliphatic carbocycles. The highest BCUT2D eigenvalue weighted by Gasteiger charge is 2.16. The monoisotopic (exact) mass is 202 g/mol. The molecular weight excluding hydrogens is 192 g/mol. The maximum Gasteiger partial charge on any atom is 0.331 e. The first-order chi connectivity index (χ1) is 7.25. The van der Waals surface area contributed by atoms with Crippen LogP contribution in [0, 0.1) is 0 Å². The lowest BCUT2D eigenvalue weighted by Crippen LogP contribution is -2.01. The molecule has 1 aliphatic heterocycles. The van der Waals surface area contributed by atoms with E-state index in [0.717, 1.165) is 5.57 Å². The van der Waals surface area contributed by atoms with E-state index in [0.29, 0.717) is 5.56 Å². The smallest absolute Gasteiger partial charge is 0.331 e. The Labute approximate surface area is 87.4 Å². The van der Waals surface area contributed by atoms with E-state index in [-0.39, 0.29) is 24.8 Å². The van der Waals surface area contributed by atoms with Crippen LogP contribution in [0.1, 0.15) is 16.8 Å². The van der Waals surface area contributed by atoms with Crippen LogP contribution in [-0.4, -0.2) is 18.4 Å². The fourth-order valence-corrected chi connectivity index (χ4v) is 1.45. The second-order valence-electron chi connectivity index (χ2n) is 3.38. The first kappa shape index (κ1) is 9.65. The van der Waals surface area contributed by atoms with Gasteiger partial charge in [0.2, 0.25) is 0 Å². The van der Waals surface area contributed by atoms with Gasteiger partial charge >= 0.3 is 5.97 Å². The van der Waals surface area contributed by atoms with E-state index < -0.39 is 0 Å². The van der Waals surface area contributed by atoms with Crippen molar-refractivity contribution in [3.63, 3.8) is 0 Å². The summed E-state index contributed by atoms with van der Waals surface area (Å²) in [6, 6.07) is 9.02. The van der Waals surface area contributed by atoms with Crippen LogP contribution in [-0.2, 0) is 9.53 Å². The fourth-order valence-electron chi connectivity index (χ4n) is 1.45. The van der Waals surface area contributed by atoms with Crippen molar-refractivity contribution in [2.75, 3.05) is 6.61 Å². The first-order valence-electron chi connectivity index (χ1n) is 4.70. The van der Waals surface area contributed by atoms with E-state index in [1.165, 1.54) is 6.08 Å². The topological polar surface area (TPSA) is 43.4 Å². The molecule has 0 radical (unpaired) electrons. The van der Waals surface area contributed by atoms with E-state index in [1.54, 1.807) is 12.1 Å². The molecule has 0 aromatic heterocycles. The van der Waals surface area contributed by atoms with Crippen molar-refractivity contribution in [2.45, 2.75) is 6.42 Å². The zero-order valence-corrected chi connectivity index (χ0v) is 8.10. The molecule has 76 valence electrons. The Morgan fingerprint density at radius 3 is 2.60 bits per heavy atom. The molecule has 3 heteroatoms. The van der Waals surface area contributed by atoms with Crippen molar-refractivity contribution in [1.29, 1.82) is 0 Å². The molecule has 1 aliphatic rings. The van der Waals surface area contributed by atoms with Crippen molar-refractivity contribution >= 4 is 11.8 Å². The van der Waals surface area contributed by atoms with Crippen molar-refractivity contribution in [2.24, 2.45) is 0 Å². The number of rotatable bonds is 3. The Morgan fingerprint density at radius 1 is 1.27 bits per heavy atom. The van der Waals surface area contributed by atoms with Crippen LogP contribution in [0.2, 0.25) is 0 Å². The largest absolute Gasteiger partial charge is 0.458 e. The van der Waals surface area contributed by atoms with Gasteiger partial charge in [0.15, 0.2) is 5.78 Å². The van der Waals surface area contributed by atoms with Crippen LogP contribution in [0.4, 0.5) is 0 Å². The molecule has 2 rings (SSSR count). The Hall–Kier alpha value is -1.90. The zero-order chi connectivity index (χ0) is 10.7. The van der Waals surface area contributed by atoms with Gasteiger partial charge in [-0.3, -0.25) is 4.79 Å². The average molecular weight is 202 g/mol. The molecule has 15 heavy (non-hydrogen) atoms. The van der Waals surface area contributed by atoms with Crippen LogP contribution in [0.3, 0.4) is 0 Å². The molecule has 0 spiro atoms. The predicted octanol–water partition coefficient (Wildman–Crippen LogP) is 1.74. The maximum atomic E-state index is 11.7. The number of carbonyl (C=O) groups is 2. The van der Waals surface area contributed by atoms with Crippen molar-refractivity contribution in [3.05, 3.63) is 47.5 Å². The summed E-state index contributed by atoms with van der Waals surface area (Å²) in [5.74, 6) is -0.342. The Balaban J connectivity index is 2.05. The highest BCUT2D eigenvalue weighted by molar-refractivity contribution is 5.98. The van der Waals surface area contributed by atoms with Gasteiger partial charge in [-0.2, -0.15) is 0 Å². The summed E-state index contributed by atoms with van der Waals surface area (Å²) < 4.78 is 4.72. The van der Waals surface area contributed by atoms with Gasteiger partial charge in [0.25, 0.3) is 0 Å². The number of ketones is 1. The van der Waals surface area contributed by atoms with E-state index >= 15 is 0 Å². The molecule has 0 saturated heterocycles. The summed E-state index contributed by atoms with van der Waals surface area (Å²) in [6.45, 7) is 0.247. The van der Waals surface area contributed by atoms with Crippen LogP contribution in [0.25, 0.3) is 0 Å². The Bertz CT molecular complexity index is 418. The van der Waals surface area contributed by atoms with E-state index in [2.05, 4.69) is 0 Å². The van der Waals surface area contributed by atoms with Crippen molar-refractivity contribution in [1.82, 2.24) is 0 Å². The quantitative estimate of drug-likeness (QED) is 0.554. The second-order valence-corrected chi connectivity index (χ2v) is 3.38. The van der Waals surface area contributed by atoms with Crippen LogP contribution >= 0.6 is 0 Å². The molecule has 0 N–H and O–H groups in total. The SMILES string of the molecule is O=C1C=C(CC(=O)c2ccccc2)CO1. The highest BCUT2D eigenvalue weighted by Crippen LogP contribution is 2.14. The van der Waals surface area contributed by atoms with Crippen LogP contribution in [0.5, 0.6) is 0 Å². The summed E-state index contributed by atoms with van der Waals surface area (Å²) >= 11 is 0. The highest BCUT2D eigenvalue weighted by atomic mass is 16.5.